The zero-order valence-corrected chi connectivity index (χ0v) is 11.4. The van der Waals surface area contributed by atoms with Gasteiger partial charge in [-0.15, -0.1) is 0 Å². The van der Waals surface area contributed by atoms with E-state index in [-0.39, 0.29) is 17.5 Å². The van der Waals surface area contributed by atoms with Crippen LogP contribution in [0.5, 0.6) is 5.75 Å². The lowest BCUT2D eigenvalue weighted by molar-refractivity contribution is -0.385. The highest BCUT2D eigenvalue weighted by Crippen LogP contribution is 2.38. The number of carbonyl (C=O) groups excluding carboxylic acids is 1. The predicted molar refractivity (Wildman–Crippen MR) is 74.9 cm³/mol. The number of aromatic hydroxyl groups is 1. The molecule has 0 spiro atoms. The van der Waals surface area contributed by atoms with Crippen molar-refractivity contribution < 1.29 is 14.8 Å². The maximum absolute atomic E-state index is 12.4. The molecule has 1 saturated heterocycles. The second kappa shape index (κ2) is 5.00. The molecule has 3 unspecified atom stereocenters. The van der Waals surface area contributed by atoms with Gasteiger partial charge in [0, 0.05) is 30.8 Å². The fourth-order valence-electron chi connectivity index (χ4n) is 3.47. The highest BCUT2D eigenvalue weighted by molar-refractivity contribution is 5.95. The number of nitro groups is 1. The van der Waals surface area contributed by atoms with Gasteiger partial charge in [0.2, 0.25) is 0 Å². The first kappa shape index (κ1) is 13.8. The Bertz CT molecular complexity index is 604. The third-order valence-corrected chi connectivity index (χ3v) is 4.62. The zero-order valence-electron chi connectivity index (χ0n) is 11.4. The largest absolute Gasteiger partial charge is 0.502 e. The summed E-state index contributed by atoms with van der Waals surface area (Å²) in [4.78, 5) is 24.1. The van der Waals surface area contributed by atoms with Gasteiger partial charge in [-0.3, -0.25) is 14.9 Å². The van der Waals surface area contributed by atoms with Crippen molar-refractivity contribution in [2.24, 2.45) is 17.6 Å². The number of hydrogen-bond donors (Lipinski definition) is 2. The standard InChI is InChI=1S/C14H17N3O4/c15-11-3-1-9-6-16(7-10(9)11)14(19)8-2-4-12(17(20)21)13(18)5-8/h2,4-5,9-11,18H,1,3,6-7,15H2. The number of carbonyl (C=O) groups is 1. The molecule has 1 heterocycles. The number of hydrogen-bond acceptors (Lipinski definition) is 5. The summed E-state index contributed by atoms with van der Waals surface area (Å²) in [6, 6.07) is 3.85. The first-order valence-corrected chi connectivity index (χ1v) is 6.99. The predicted octanol–water partition coefficient (Wildman–Crippen LogP) is 1.11. The van der Waals surface area contributed by atoms with Gasteiger partial charge in [0.1, 0.15) is 0 Å². The zero-order chi connectivity index (χ0) is 15.1. The van der Waals surface area contributed by atoms with E-state index < -0.39 is 16.4 Å². The maximum atomic E-state index is 12.4. The molecule has 3 N–H and O–H groups in total. The molecule has 3 atom stereocenters. The Kier molecular flexibility index (Phi) is 3.29. The quantitative estimate of drug-likeness (QED) is 0.626. The molecule has 0 radical (unpaired) electrons. The Balaban J connectivity index is 1.77. The van der Waals surface area contributed by atoms with Gasteiger partial charge >= 0.3 is 5.69 Å². The molecule has 112 valence electrons. The molecule has 0 aromatic heterocycles. The molecule has 1 amide bonds. The summed E-state index contributed by atoms with van der Waals surface area (Å²) in [6.45, 7) is 1.30. The summed E-state index contributed by atoms with van der Waals surface area (Å²) in [5.41, 5.74) is 5.92. The van der Waals surface area contributed by atoms with Crippen molar-refractivity contribution in [1.29, 1.82) is 0 Å². The van der Waals surface area contributed by atoms with E-state index >= 15 is 0 Å². The number of phenols is 1. The molecule has 21 heavy (non-hydrogen) atoms. The number of nitrogens with two attached hydrogens (primary N) is 1. The fourth-order valence-corrected chi connectivity index (χ4v) is 3.47. The summed E-state index contributed by atoms with van der Waals surface area (Å²) in [7, 11) is 0. The van der Waals surface area contributed by atoms with Crippen LogP contribution in [-0.2, 0) is 0 Å². The molecule has 1 aromatic carbocycles. The number of phenolic OH excluding ortho intramolecular Hbond substituents is 1. The monoisotopic (exact) mass is 291 g/mol. The number of amides is 1. The van der Waals surface area contributed by atoms with Crippen LogP contribution in [0.1, 0.15) is 23.2 Å². The van der Waals surface area contributed by atoms with E-state index in [2.05, 4.69) is 0 Å². The van der Waals surface area contributed by atoms with Crippen LogP contribution in [0.4, 0.5) is 5.69 Å². The second-order valence-corrected chi connectivity index (χ2v) is 5.84. The molecule has 7 nitrogen and oxygen atoms in total. The van der Waals surface area contributed by atoms with Crippen LogP contribution in [0.2, 0.25) is 0 Å². The first-order valence-electron chi connectivity index (χ1n) is 6.99. The van der Waals surface area contributed by atoms with E-state index in [1.54, 1.807) is 4.90 Å². The van der Waals surface area contributed by atoms with Gasteiger partial charge in [-0.25, -0.2) is 0 Å². The number of rotatable bonds is 2. The molecule has 1 saturated carbocycles. The average molecular weight is 291 g/mol. The van der Waals surface area contributed by atoms with E-state index in [1.165, 1.54) is 6.07 Å². The van der Waals surface area contributed by atoms with Crippen molar-refractivity contribution in [3.05, 3.63) is 33.9 Å². The first-order chi connectivity index (χ1) is 9.97. The summed E-state index contributed by atoms with van der Waals surface area (Å²) in [5.74, 6) is 0.111. The SMILES string of the molecule is NC1CCC2CN(C(=O)c3ccc([N+](=O)[O-])c(O)c3)CC12. The normalized spacial score (nSPS) is 27.7. The van der Waals surface area contributed by atoms with E-state index in [0.29, 0.717) is 24.9 Å². The van der Waals surface area contributed by atoms with Crippen LogP contribution in [0.3, 0.4) is 0 Å². The molecule has 7 heteroatoms. The van der Waals surface area contributed by atoms with Gasteiger partial charge in [-0.05, 0) is 36.8 Å². The van der Waals surface area contributed by atoms with Crippen molar-refractivity contribution in [2.75, 3.05) is 13.1 Å². The van der Waals surface area contributed by atoms with Crippen molar-refractivity contribution in [2.45, 2.75) is 18.9 Å². The van der Waals surface area contributed by atoms with Crippen LogP contribution in [0.25, 0.3) is 0 Å². The smallest absolute Gasteiger partial charge is 0.310 e. The Hall–Kier alpha value is -2.15. The molecular weight excluding hydrogens is 274 g/mol. The molecule has 1 aliphatic carbocycles. The summed E-state index contributed by atoms with van der Waals surface area (Å²) in [6.07, 6.45) is 2.05. The van der Waals surface area contributed by atoms with Gasteiger partial charge in [0.05, 0.1) is 4.92 Å². The third kappa shape index (κ3) is 2.33. The minimum atomic E-state index is -0.678. The Morgan fingerprint density at radius 2 is 2.14 bits per heavy atom. The molecule has 2 aliphatic rings. The molecule has 1 aliphatic heterocycles. The summed E-state index contributed by atoms with van der Waals surface area (Å²) < 4.78 is 0. The van der Waals surface area contributed by atoms with Crippen LogP contribution >= 0.6 is 0 Å². The van der Waals surface area contributed by atoms with Gasteiger partial charge in [-0.1, -0.05) is 0 Å². The number of benzene rings is 1. The average Bonchev–Trinajstić information content (AvgIpc) is 3.00. The summed E-state index contributed by atoms with van der Waals surface area (Å²) in [5, 5.41) is 20.3. The minimum absolute atomic E-state index is 0.151. The van der Waals surface area contributed by atoms with Crippen molar-refractivity contribution in [3.63, 3.8) is 0 Å². The number of nitro benzene ring substituents is 1. The molecular formula is C14H17N3O4. The van der Waals surface area contributed by atoms with Gasteiger partial charge in [0.15, 0.2) is 5.75 Å². The van der Waals surface area contributed by atoms with Gasteiger partial charge in [-0.2, -0.15) is 0 Å². The summed E-state index contributed by atoms with van der Waals surface area (Å²) >= 11 is 0. The second-order valence-electron chi connectivity index (χ2n) is 5.84. The maximum Gasteiger partial charge on any atom is 0.310 e. The van der Waals surface area contributed by atoms with E-state index in [4.69, 9.17) is 5.73 Å². The van der Waals surface area contributed by atoms with Crippen molar-refractivity contribution in [3.8, 4) is 5.75 Å². The molecule has 3 rings (SSSR count). The third-order valence-electron chi connectivity index (χ3n) is 4.62. The number of nitrogens with zero attached hydrogens (tertiary/aromatic N) is 2. The van der Waals surface area contributed by atoms with Crippen LogP contribution in [0, 0.1) is 22.0 Å². The lowest BCUT2D eigenvalue weighted by Gasteiger charge is -2.18. The van der Waals surface area contributed by atoms with Gasteiger partial charge in [0.25, 0.3) is 5.91 Å². The minimum Gasteiger partial charge on any atom is -0.502 e. The van der Waals surface area contributed by atoms with Crippen LogP contribution in [0.15, 0.2) is 18.2 Å². The fraction of sp³-hybridized carbons (Fsp3) is 0.500. The molecule has 1 aromatic rings. The molecule has 0 bridgehead atoms. The Morgan fingerprint density at radius 1 is 1.38 bits per heavy atom. The topological polar surface area (TPSA) is 110 Å². The lowest BCUT2D eigenvalue weighted by Crippen LogP contribution is -2.33. The van der Waals surface area contributed by atoms with Crippen molar-refractivity contribution in [1.82, 2.24) is 4.90 Å². The highest BCUT2D eigenvalue weighted by atomic mass is 16.6. The Morgan fingerprint density at radius 3 is 2.76 bits per heavy atom. The van der Waals surface area contributed by atoms with Gasteiger partial charge < -0.3 is 15.7 Å². The molecule has 2 fully saturated rings. The number of fused-ring (bicyclic) bond motifs is 1. The Labute approximate surface area is 121 Å². The highest BCUT2D eigenvalue weighted by Gasteiger charge is 2.42. The van der Waals surface area contributed by atoms with E-state index in [0.717, 1.165) is 25.0 Å². The lowest BCUT2D eigenvalue weighted by atomic mass is 9.98. The van der Waals surface area contributed by atoms with E-state index in [1.807, 2.05) is 0 Å². The van der Waals surface area contributed by atoms with Crippen molar-refractivity contribution >= 4 is 11.6 Å². The van der Waals surface area contributed by atoms with Crippen LogP contribution < -0.4 is 5.73 Å². The van der Waals surface area contributed by atoms with E-state index in [9.17, 15) is 20.0 Å². The number of likely N-dealkylation sites (tertiary alicyclic amines) is 1. The van der Waals surface area contributed by atoms with Crippen LogP contribution in [-0.4, -0.2) is 40.0 Å².